The summed E-state index contributed by atoms with van der Waals surface area (Å²) >= 11 is 0. The van der Waals surface area contributed by atoms with Crippen LogP contribution in [0, 0.1) is 0 Å². The Bertz CT molecular complexity index is 1660. The van der Waals surface area contributed by atoms with Gasteiger partial charge in [0.25, 0.3) is 5.91 Å². The van der Waals surface area contributed by atoms with Crippen molar-refractivity contribution in [1.29, 1.82) is 0 Å². The van der Waals surface area contributed by atoms with Crippen molar-refractivity contribution in [1.82, 2.24) is 34.7 Å². The highest BCUT2D eigenvalue weighted by Crippen LogP contribution is 2.29. The first-order chi connectivity index (χ1) is 16.6. The fraction of sp³-hybridized carbons (Fsp3) is 0.0417. The largest absolute Gasteiger partial charge is 0.338 e. The number of hydrogen-bond donors (Lipinski definition) is 3. The van der Waals surface area contributed by atoms with Crippen molar-refractivity contribution >= 4 is 45.0 Å². The maximum Gasteiger partial charge on any atom is 0.260 e. The molecule has 0 bridgehead atoms. The number of aromatic amines is 1. The van der Waals surface area contributed by atoms with E-state index in [0.29, 0.717) is 23.0 Å². The Labute approximate surface area is 193 Å². The summed E-state index contributed by atoms with van der Waals surface area (Å²) in [5.41, 5.74) is 3.21. The number of aromatic nitrogens is 7. The van der Waals surface area contributed by atoms with Crippen molar-refractivity contribution < 1.29 is 4.79 Å². The standard InChI is InChI=1S/C24H19N9O/c1-32-14-16(13-26-32)24(34)29-21-7-4-8-22(28-21)33-20-6-3-2-5-18(20)23(31-33)27-17-9-10-19-15(11-17)12-25-30-19/h2-14H,1H3,(H,25,30)(H,27,31)(H,28,29,34). The fourth-order valence-corrected chi connectivity index (χ4v) is 3.83. The van der Waals surface area contributed by atoms with E-state index in [1.54, 1.807) is 34.9 Å². The third-order valence-corrected chi connectivity index (χ3v) is 5.45. The summed E-state index contributed by atoms with van der Waals surface area (Å²) in [6.45, 7) is 0. The minimum atomic E-state index is -0.278. The highest BCUT2D eigenvalue weighted by atomic mass is 16.1. The Morgan fingerprint density at radius 3 is 2.82 bits per heavy atom. The average molecular weight is 449 g/mol. The van der Waals surface area contributed by atoms with Gasteiger partial charge in [0.05, 0.1) is 29.0 Å². The molecule has 4 aromatic heterocycles. The van der Waals surface area contributed by atoms with Crippen LogP contribution in [0.1, 0.15) is 10.4 Å². The topological polar surface area (TPSA) is 118 Å². The second-order valence-corrected chi connectivity index (χ2v) is 7.81. The van der Waals surface area contributed by atoms with Gasteiger partial charge in [0, 0.05) is 29.7 Å². The van der Waals surface area contributed by atoms with Crippen LogP contribution >= 0.6 is 0 Å². The quantitative estimate of drug-likeness (QED) is 0.366. The number of pyridine rings is 1. The van der Waals surface area contributed by atoms with E-state index in [-0.39, 0.29) is 5.91 Å². The molecule has 0 fully saturated rings. The summed E-state index contributed by atoms with van der Waals surface area (Å²) in [6, 6.07) is 19.3. The van der Waals surface area contributed by atoms with Crippen LogP contribution in [0.15, 0.2) is 79.3 Å². The van der Waals surface area contributed by atoms with Crippen LogP contribution in [0.2, 0.25) is 0 Å². The van der Waals surface area contributed by atoms with Crippen LogP contribution < -0.4 is 10.6 Å². The van der Waals surface area contributed by atoms with Crippen molar-refractivity contribution in [3.8, 4) is 5.82 Å². The van der Waals surface area contributed by atoms with E-state index >= 15 is 0 Å². The molecule has 0 aliphatic carbocycles. The minimum Gasteiger partial charge on any atom is -0.338 e. The molecule has 6 rings (SSSR count). The van der Waals surface area contributed by atoms with Crippen molar-refractivity contribution in [2.45, 2.75) is 0 Å². The molecule has 6 aromatic rings. The van der Waals surface area contributed by atoms with E-state index < -0.39 is 0 Å². The van der Waals surface area contributed by atoms with E-state index in [9.17, 15) is 4.79 Å². The number of benzene rings is 2. The molecular formula is C24H19N9O. The van der Waals surface area contributed by atoms with Crippen molar-refractivity contribution in [3.63, 3.8) is 0 Å². The summed E-state index contributed by atoms with van der Waals surface area (Å²) in [5.74, 6) is 1.43. The number of H-pyrrole nitrogens is 1. The summed E-state index contributed by atoms with van der Waals surface area (Å²) in [6.07, 6.45) is 4.95. The molecule has 2 aromatic carbocycles. The fourth-order valence-electron chi connectivity index (χ4n) is 3.83. The van der Waals surface area contributed by atoms with Gasteiger partial charge in [-0.1, -0.05) is 18.2 Å². The third kappa shape index (κ3) is 3.52. The van der Waals surface area contributed by atoms with Gasteiger partial charge < -0.3 is 10.6 Å². The number of anilines is 3. The molecule has 1 amide bonds. The van der Waals surface area contributed by atoms with E-state index in [4.69, 9.17) is 5.10 Å². The van der Waals surface area contributed by atoms with E-state index in [1.165, 1.54) is 6.20 Å². The molecule has 0 aliphatic rings. The van der Waals surface area contributed by atoms with E-state index in [1.807, 2.05) is 54.6 Å². The lowest BCUT2D eigenvalue weighted by molar-refractivity contribution is 0.102. The van der Waals surface area contributed by atoms with Crippen molar-refractivity contribution in [2.24, 2.45) is 7.05 Å². The highest BCUT2D eigenvalue weighted by Gasteiger charge is 2.14. The van der Waals surface area contributed by atoms with Crippen LogP contribution in [0.3, 0.4) is 0 Å². The third-order valence-electron chi connectivity index (χ3n) is 5.45. The molecule has 10 heteroatoms. The summed E-state index contributed by atoms with van der Waals surface area (Å²) < 4.78 is 3.33. The molecule has 3 N–H and O–H groups in total. The van der Waals surface area contributed by atoms with Gasteiger partial charge in [-0.05, 0) is 42.5 Å². The summed E-state index contributed by atoms with van der Waals surface area (Å²) in [7, 11) is 1.76. The number of amides is 1. The van der Waals surface area contributed by atoms with E-state index in [2.05, 4.69) is 30.9 Å². The molecule has 0 saturated carbocycles. The molecule has 34 heavy (non-hydrogen) atoms. The van der Waals surface area contributed by atoms with E-state index in [0.717, 1.165) is 27.5 Å². The molecule has 0 radical (unpaired) electrons. The summed E-state index contributed by atoms with van der Waals surface area (Å²) in [4.78, 5) is 17.1. The lowest BCUT2D eigenvalue weighted by Gasteiger charge is -2.07. The van der Waals surface area contributed by atoms with Crippen LogP contribution in [0.25, 0.3) is 27.6 Å². The van der Waals surface area contributed by atoms with Gasteiger partial charge >= 0.3 is 0 Å². The van der Waals surface area contributed by atoms with Gasteiger partial charge in [0.2, 0.25) is 0 Å². The number of nitrogens with zero attached hydrogens (tertiary/aromatic N) is 6. The van der Waals surface area contributed by atoms with Gasteiger partial charge in [-0.3, -0.25) is 14.6 Å². The second kappa shape index (κ2) is 7.85. The maximum atomic E-state index is 12.5. The van der Waals surface area contributed by atoms with Gasteiger partial charge in [-0.25, -0.2) is 9.67 Å². The first kappa shape index (κ1) is 19.7. The average Bonchev–Trinajstić information content (AvgIpc) is 3.58. The zero-order valence-electron chi connectivity index (χ0n) is 18.1. The van der Waals surface area contributed by atoms with Crippen LogP contribution in [0.4, 0.5) is 17.3 Å². The second-order valence-electron chi connectivity index (χ2n) is 7.81. The minimum absolute atomic E-state index is 0.278. The Morgan fingerprint density at radius 2 is 1.94 bits per heavy atom. The zero-order valence-corrected chi connectivity index (χ0v) is 18.1. The molecule has 4 heterocycles. The number of aryl methyl sites for hydroxylation is 1. The first-order valence-electron chi connectivity index (χ1n) is 10.6. The molecule has 166 valence electrons. The Kier molecular flexibility index (Phi) is 4.54. The molecular weight excluding hydrogens is 430 g/mol. The predicted molar refractivity (Wildman–Crippen MR) is 129 cm³/mol. The number of fused-ring (bicyclic) bond motifs is 2. The number of carbonyl (C=O) groups is 1. The number of hydrogen-bond acceptors (Lipinski definition) is 6. The molecule has 0 aliphatic heterocycles. The van der Waals surface area contributed by atoms with Crippen molar-refractivity contribution in [2.75, 3.05) is 10.6 Å². The number of nitrogens with one attached hydrogen (secondary N) is 3. The number of carbonyl (C=O) groups excluding carboxylic acids is 1. The highest BCUT2D eigenvalue weighted by molar-refractivity contribution is 6.03. The normalized spacial score (nSPS) is 11.2. The van der Waals surface area contributed by atoms with Crippen LogP contribution in [-0.4, -0.2) is 40.6 Å². The number of para-hydroxylation sites is 1. The molecule has 0 unspecified atom stereocenters. The lowest BCUT2D eigenvalue weighted by Crippen LogP contribution is -2.13. The van der Waals surface area contributed by atoms with Crippen molar-refractivity contribution in [3.05, 3.63) is 84.8 Å². The first-order valence-corrected chi connectivity index (χ1v) is 10.6. The smallest absolute Gasteiger partial charge is 0.260 e. The van der Waals surface area contributed by atoms with Gasteiger partial charge in [0.15, 0.2) is 11.6 Å². The Morgan fingerprint density at radius 1 is 1.03 bits per heavy atom. The van der Waals surface area contributed by atoms with Crippen LogP contribution in [-0.2, 0) is 7.05 Å². The molecule has 10 nitrogen and oxygen atoms in total. The maximum absolute atomic E-state index is 12.5. The zero-order chi connectivity index (χ0) is 23.1. The predicted octanol–water partition coefficient (Wildman–Crippen LogP) is 4.03. The summed E-state index contributed by atoms with van der Waals surface area (Å²) in [5, 5.41) is 24.1. The SMILES string of the molecule is Cn1cc(C(=O)Nc2cccc(-n3nc(Nc4ccc5[nH]ncc5c4)c4ccccc43)n2)cn1. The van der Waals surface area contributed by atoms with Gasteiger partial charge in [-0.15, -0.1) is 5.10 Å². The Balaban J connectivity index is 1.35. The van der Waals surface area contributed by atoms with Crippen LogP contribution in [0.5, 0.6) is 0 Å². The number of rotatable bonds is 5. The molecule has 0 saturated heterocycles. The lowest BCUT2D eigenvalue weighted by atomic mass is 10.2. The molecule has 0 atom stereocenters. The van der Waals surface area contributed by atoms with Gasteiger partial charge in [-0.2, -0.15) is 10.2 Å². The van der Waals surface area contributed by atoms with Gasteiger partial charge in [0.1, 0.15) is 5.82 Å². The Hall–Kier alpha value is -4.99. The molecule has 0 spiro atoms. The monoisotopic (exact) mass is 449 g/mol.